The highest BCUT2D eigenvalue weighted by Crippen LogP contribution is 2.37. The quantitative estimate of drug-likeness (QED) is 0.371. The lowest BCUT2D eigenvalue weighted by atomic mass is 9.75. The zero-order chi connectivity index (χ0) is 29.9. The summed E-state index contributed by atoms with van der Waals surface area (Å²) in [4.78, 5) is 15.6. The van der Waals surface area contributed by atoms with Crippen LogP contribution in [-0.4, -0.2) is 67.6 Å². The van der Waals surface area contributed by atoms with E-state index in [0.717, 1.165) is 26.9 Å². The number of rotatable bonds is 6. The summed E-state index contributed by atoms with van der Waals surface area (Å²) < 4.78 is 80.3. The summed E-state index contributed by atoms with van der Waals surface area (Å²) >= 11 is 0. The molecule has 6 rings (SSSR count). The van der Waals surface area contributed by atoms with Crippen LogP contribution in [0.4, 0.5) is 13.2 Å². The van der Waals surface area contributed by atoms with Gasteiger partial charge in [-0.3, -0.25) is 13.9 Å². The van der Waals surface area contributed by atoms with Gasteiger partial charge in [-0.05, 0) is 36.2 Å². The highest BCUT2D eigenvalue weighted by atomic mass is 19.4. The predicted molar refractivity (Wildman–Crippen MR) is 136 cm³/mol. The van der Waals surface area contributed by atoms with Gasteiger partial charge in [0.2, 0.25) is 0 Å². The number of imidazole rings is 1. The molecule has 0 radical (unpaired) electrons. The molecular weight excluding hydrogens is 513 g/mol. The third-order valence-electron chi connectivity index (χ3n) is 7.47. The standard InChI is InChI=1S/C27H29F3N6O3/c1-18-11-34(6-7-39-18)12-19-8-22(27(28,29)30)23-14-35(25(37)36(23)13-19)21-5-3-4-20(9-21)26(15-38-16-26)10-24-32-31-17-33(24)2/h3-5,8-9,13-14,17-18H,6-7,10-12,15-16H2,1-2H3/t18-/m1/s1/i2D3. The molecule has 0 bridgehead atoms. The zero-order valence-electron chi connectivity index (χ0n) is 24.2. The van der Waals surface area contributed by atoms with Gasteiger partial charge in [-0.1, -0.05) is 12.1 Å². The maximum atomic E-state index is 14.2. The fraction of sp³-hybridized carbons (Fsp3) is 0.444. The van der Waals surface area contributed by atoms with Gasteiger partial charge < -0.3 is 14.0 Å². The average Bonchev–Trinajstić information content (AvgIpc) is 3.50. The van der Waals surface area contributed by atoms with Crippen molar-refractivity contribution >= 4 is 5.52 Å². The first-order chi connectivity index (χ1) is 19.8. The van der Waals surface area contributed by atoms with Crippen LogP contribution in [0.3, 0.4) is 0 Å². The molecule has 0 aliphatic carbocycles. The minimum atomic E-state index is -4.67. The second-order valence-electron chi connectivity index (χ2n) is 10.3. The Hall–Kier alpha value is -3.48. The average molecular weight is 546 g/mol. The Morgan fingerprint density at radius 3 is 2.79 bits per heavy atom. The molecule has 3 aromatic heterocycles. The molecule has 0 unspecified atom stereocenters. The SMILES string of the molecule is [2H]C([2H])([2H])n1cnnc1CC1(c2cccc(-n3cc4c(C(F)(F)F)cc(CN5CCO[C@H](C)C5)cn4c3=O)c2)COC1. The molecular formula is C27H29F3N6O3. The van der Waals surface area contributed by atoms with Crippen molar-refractivity contribution in [1.82, 2.24) is 28.6 Å². The number of halogens is 3. The molecule has 2 fully saturated rings. The van der Waals surface area contributed by atoms with Crippen LogP contribution < -0.4 is 5.69 Å². The fourth-order valence-corrected chi connectivity index (χ4v) is 5.42. The first-order valence-corrected chi connectivity index (χ1v) is 12.6. The Bertz CT molecular complexity index is 1680. The van der Waals surface area contributed by atoms with Crippen LogP contribution in [0.15, 0.2) is 53.8 Å². The molecule has 2 aliphatic heterocycles. The summed E-state index contributed by atoms with van der Waals surface area (Å²) in [5.74, 6) is 0.257. The van der Waals surface area contributed by atoms with Crippen LogP contribution >= 0.6 is 0 Å². The number of aryl methyl sites for hydroxylation is 1. The molecule has 0 N–H and O–H groups in total. The van der Waals surface area contributed by atoms with Gasteiger partial charge in [-0.2, -0.15) is 13.2 Å². The van der Waals surface area contributed by atoms with Crippen LogP contribution in [0.1, 0.15) is 33.6 Å². The highest BCUT2D eigenvalue weighted by molar-refractivity contribution is 5.58. The van der Waals surface area contributed by atoms with Crippen molar-refractivity contribution in [2.45, 2.75) is 37.6 Å². The molecule has 12 heteroatoms. The number of fused-ring (bicyclic) bond motifs is 1. The third-order valence-corrected chi connectivity index (χ3v) is 7.47. The normalized spacial score (nSPS) is 21.3. The number of benzene rings is 1. The van der Waals surface area contributed by atoms with E-state index in [1.165, 1.54) is 17.0 Å². The van der Waals surface area contributed by atoms with E-state index < -0.39 is 29.8 Å². The van der Waals surface area contributed by atoms with Crippen molar-refractivity contribution in [2.24, 2.45) is 6.98 Å². The van der Waals surface area contributed by atoms with Gasteiger partial charge in [0, 0.05) is 55.0 Å². The van der Waals surface area contributed by atoms with E-state index in [4.69, 9.17) is 13.6 Å². The Morgan fingerprint density at radius 2 is 2.08 bits per heavy atom. The molecule has 39 heavy (non-hydrogen) atoms. The topological polar surface area (TPSA) is 78.8 Å². The van der Waals surface area contributed by atoms with Crippen molar-refractivity contribution in [3.63, 3.8) is 0 Å². The molecule has 1 aromatic carbocycles. The highest BCUT2D eigenvalue weighted by Gasteiger charge is 2.42. The molecule has 9 nitrogen and oxygen atoms in total. The maximum absolute atomic E-state index is 14.2. The van der Waals surface area contributed by atoms with E-state index >= 15 is 0 Å². The number of alkyl halides is 3. The second kappa shape index (κ2) is 9.61. The molecule has 1 atom stereocenters. The van der Waals surface area contributed by atoms with Gasteiger partial charge in [0.1, 0.15) is 12.2 Å². The van der Waals surface area contributed by atoms with Gasteiger partial charge in [-0.15, -0.1) is 10.2 Å². The summed E-state index contributed by atoms with van der Waals surface area (Å²) in [7, 11) is 0. The summed E-state index contributed by atoms with van der Waals surface area (Å²) in [6.45, 7) is 1.91. The van der Waals surface area contributed by atoms with Crippen molar-refractivity contribution < 1.29 is 26.8 Å². The summed E-state index contributed by atoms with van der Waals surface area (Å²) in [6, 6.07) is 8.01. The minimum absolute atomic E-state index is 0.0326. The van der Waals surface area contributed by atoms with Crippen molar-refractivity contribution in [1.29, 1.82) is 0 Å². The minimum Gasteiger partial charge on any atom is -0.379 e. The largest absolute Gasteiger partial charge is 0.418 e. The lowest BCUT2D eigenvalue weighted by molar-refractivity contribution is -0.136. The van der Waals surface area contributed by atoms with E-state index in [9.17, 15) is 18.0 Å². The molecule has 0 saturated carbocycles. The molecule has 2 aliphatic rings. The molecule has 2 saturated heterocycles. The number of morpholine rings is 1. The lowest BCUT2D eigenvalue weighted by Gasteiger charge is -2.41. The molecule has 5 heterocycles. The van der Waals surface area contributed by atoms with Crippen molar-refractivity contribution in [3.05, 3.63) is 82.1 Å². The van der Waals surface area contributed by atoms with Crippen LogP contribution in [-0.2, 0) is 41.0 Å². The summed E-state index contributed by atoms with van der Waals surface area (Å²) in [5, 5.41) is 7.77. The Kier molecular flexibility index (Phi) is 5.51. The monoisotopic (exact) mass is 545 g/mol. The number of ether oxygens (including phenoxy) is 2. The van der Waals surface area contributed by atoms with Crippen LogP contribution in [0.5, 0.6) is 0 Å². The van der Waals surface area contributed by atoms with Gasteiger partial charge >= 0.3 is 11.9 Å². The summed E-state index contributed by atoms with van der Waals surface area (Å²) in [6.07, 6.45) is -0.661. The molecule has 0 amide bonds. The van der Waals surface area contributed by atoms with E-state index in [1.54, 1.807) is 18.2 Å². The van der Waals surface area contributed by atoms with Gasteiger partial charge in [0.25, 0.3) is 0 Å². The van der Waals surface area contributed by atoms with Gasteiger partial charge in [-0.25, -0.2) is 4.79 Å². The Labute approximate surface area is 226 Å². The summed E-state index contributed by atoms with van der Waals surface area (Å²) in [5.41, 5.74) is -0.917. The van der Waals surface area contributed by atoms with Crippen LogP contribution in [0.25, 0.3) is 11.2 Å². The number of nitrogens with zero attached hydrogens (tertiary/aromatic N) is 6. The first-order valence-electron chi connectivity index (χ1n) is 14.1. The molecule has 4 aromatic rings. The third kappa shape index (κ3) is 4.77. The maximum Gasteiger partial charge on any atom is 0.418 e. The molecule has 0 spiro atoms. The number of hydrogen-bond donors (Lipinski definition) is 0. The van der Waals surface area contributed by atoms with E-state index in [1.807, 2.05) is 17.9 Å². The second-order valence-corrected chi connectivity index (χ2v) is 10.3. The fourth-order valence-electron chi connectivity index (χ4n) is 5.42. The van der Waals surface area contributed by atoms with Crippen LogP contribution in [0.2, 0.25) is 0 Å². The van der Waals surface area contributed by atoms with Crippen molar-refractivity contribution in [2.75, 3.05) is 32.9 Å². The Balaban J connectivity index is 1.38. The van der Waals surface area contributed by atoms with Gasteiger partial charge in [0.05, 0.1) is 42.7 Å². The van der Waals surface area contributed by atoms with Crippen LogP contribution in [0, 0.1) is 0 Å². The molecule has 206 valence electrons. The lowest BCUT2D eigenvalue weighted by Crippen LogP contribution is -2.49. The van der Waals surface area contributed by atoms with E-state index in [-0.39, 0.29) is 43.6 Å². The number of aromatic nitrogens is 5. The first kappa shape index (κ1) is 22.3. The zero-order valence-corrected chi connectivity index (χ0v) is 21.2. The number of pyridine rings is 1. The Morgan fingerprint density at radius 1 is 1.23 bits per heavy atom. The van der Waals surface area contributed by atoms with E-state index in [2.05, 4.69) is 10.2 Å². The smallest absolute Gasteiger partial charge is 0.379 e. The predicted octanol–water partition coefficient (Wildman–Crippen LogP) is 2.97. The number of hydrogen-bond acceptors (Lipinski definition) is 6. The van der Waals surface area contributed by atoms with Gasteiger partial charge in [0.15, 0.2) is 0 Å². The van der Waals surface area contributed by atoms with E-state index in [0.29, 0.717) is 30.9 Å². The van der Waals surface area contributed by atoms with Crippen molar-refractivity contribution in [3.8, 4) is 5.69 Å².